The molecule has 2 aromatic carbocycles. The summed E-state index contributed by atoms with van der Waals surface area (Å²) in [6.45, 7) is 1.04. The molecule has 2 N–H and O–H groups in total. The quantitative estimate of drug-likeness (QED) is 0.617. The summed E-state index contributed by atoms with van der Waals surface area (Å²) in [6, 6.07) is 4.53. The molecule has 0 bridgehead atoms. The lowest BCUT2D eigenvalue weighted by molar-refractivity contribution is 0.0731. The van der Waals surface area contributed by atoms with Crippen LogP contribution in [0.15, 0.2) is 24.3 Å². The van der Waals surface area contributed by atoms with E-state index in [1.807, 2.05) is 4.90 Å². The minimum Gasteiger partial charge on any atom is -0.395 e. The van der Waals surface area contributed by atoms with Crippen LogP contribution >= 0.6 is 46.4 Å². The molecule has 1 aliphatic rings. The van der Waals surface area contributed by atoms with Crippen LogP contribution in [-0.2, 0) is 0 Å². The predicted molar refractivity (Wildman–Crippen MR) is 105 cm³/mol. The summed E-state index contributed by atoms with van der Waals surface area (Å²) in [6.07, 6.45) is 0. The molecule has 0 aromatic heterocycles. The summed E-state index contributed by atoms with van der Waals surface area (Å²) in [4.78, 5) is 1.92. The number of halogens is 6. The first-order chi connectivity index (χ1) is 12.8. The average Bonchev–Trinajstić information content (AvgIpc) is 2.62. The summed E-state index contributed by atoms with van der Waals surface area (Å²) < 4.78 is 28.1. The summed E-state index contributed by atoms with van der Waals surface area (Å²) in [5.41, 5.74) is 1.05. The Hall–Kier alpha value is -0.660. The van der Waals surface area contributed by atoms with E-state index in [1.165, 1.54) is 24.3 Å². The molecule has 9 heteroatoms. The van der Waals surface area contributed by atoms with Gasteiger partial charge < -0.3 is 10.4 Å². The highest BCUT2D eigenvalue weighted by molar-refractivity contribution is 6.35. The number of nitrogens with zero attached hydrogens (tertiary/aromatic N) is 1. The molecule has 3 nitrogen and oxygen atoms in total. The molecule has 0 amide bonds. The molecule has 146 valence electrons. The fraction of sp³-hybridized carbons (Fsp3) is 0.333. The Morgan fingerprint density at radius 2 is 1.30 bits per heavy atom. The normalized spacial score (nSPS) is 20.9. The van der Waals surface area contributed by atoms with Crippen LogP contribution in [0.25, 0.3) is 0 Å². The first kappa shape index (κ1) is 21.1. The summed E-state index contributed by atoms with van der Waals surface area (Å²) in [7, 11) is 0. The van der Waals surface area contributed by atoms with E-state index in [1.54, 1.807) is 0 Å². The number of aliphatic hydroxyl groups is 1. The van der Waals surface area contributed by atoms with Crippen molar-refractivity contribution in [3.63, 3.8) is 0 Å². The zero-order valence-corrected chi connectivity index (χ0v) is 17.0. The second-order valence-electron chi connectivity index (χ2n) is 6.23. The summed E-state index contributed by atoms with van der Waals surface area (Å²) >= 11 is 24.2. The Labute approximate surface area is 175 Å². The van der Waals surface area contributed by atoms with Crippen molar-refractivity contribution < 1.29 is 13.9 Å². The van der Waals surface area contributed by atoms with Crippen LogP contribution in [0.4, 0.5) is 8.78 Å². The molecule has 3 rings (SSSR count). The summed E-state index contributed by atoms with van der Waals surface area (Å²) in [5.74, 6) is -1.17. The highest BCUT2D eigenvalue weighted by Crippen LogP contribution is 2.40. The van der Waals surface area contributed by atoms with Gasteiger partial charge in [-0.05, 0) is 35.4 Å². The van der Waals surface area contributed by atoms with Crippen LogP contribution in [0.2, 0.25) is 20.1 Å². The fourth-order valence-corrected chi connectivity index (χ4v) is 4.42. The lowest BCUT2D eigenvalue weighted by Crippen LogP contribution is -2.49. The van der Waals surface area contributed by atoms with Crippen molar-refractivity contribution in [1.29, 1.82) is 0 Å². The van der Waals surface area contributed by atoms with Gasteiger partial charge in [0.2, 0.25) is 0 Å². The molecule has 1 aliphatic heterocycles. The number of benzene rings is 2. The second kappa shape index (κ2) is 8.78. The van der Waals surface area contributed by atoms with E-state index in [0.717, 1.165) is 0 Å². The van der Waals surface area contributed by atoms with E-state index in [-0.39, 0.29) is 35.3 Å². The van der Waals surface area contributed by atoms with Crippen LogP contribution in [-0.4, -0.2) is 36.2 Å². The standard InChI is InChI=1S/C18H16Cl4F2N2O/c19-11-5-13(21)15(23)3-9(11)17-7-25-8-18(26(17)1-2-27)10-4-16(24)14(22)6-12(10)20/h3-6,17-18,25,27H,1-2,7-8H2. The highest BCUT2D eigenvalue weighted by atomic mass is 35.5. The van der Waals surface area contributed by atoms with E-state index >= 15 is 0 Å². The van der Waals surface area contributed by atoms with Gasteiger partial charge in [0.25, 0.3) is 0 Å². The van der Waals surface area contributed by atoms with Crippen LogP contribution in [0.5, 0.6) is 0 Å². The number of rotatable bonds is 4. The first-order valence-corrected chi connectivity index (χ1v) is 9.70. The van der Waals surface area contributed by atoms with Crippen molar-refractivity contribution in [3.8, 4) is 0 Å². The molecule has 0 radical (unpaired) electrons. The molecule has 27 heavy (non-hydrogen) atoms. The van der Waals surface area contributed by atoms with Crippen molar-refractivity contribution in [2.24, 2.45) is 0 Å². The van der Waals surface area contributed by atoms with Crippen LogP contribution in [0, 0.1) is 11.6 Å². The van der Waals surface area contributed by atoms with Gasteiger partial charge in [-0.25, -0.2) is 8.78 Å². The third-order valence-corrected chi connectivity index (χ3v) is 5.87. The number of aliphatic hydroxyl groups excluding tert-OH is 1. The summed E-state index contributed by atoms with van der Waals surface area (Å²) in [5, 5.41) is 13.3. The monoisotopic (exact) mass is 454 g/mol. The van der Waals surface area contributed by atoms with E-state index in [9.17, 15) is 13.9 Å². The van der Waals surface area contributed by atoms with Gasteiger partial charge in [0.05, 0.1) is 16.7 Å². The van der Waals surface area contributed by atoms with Gasteiger partial charge in [0.1, 0.15) is 11.6 Å². The van der Waals surface area contributed by atoms with Gasteiger partial charge in [-0.15, -0.1) is 0 Å². The number of hydrogen-bond donors (Lipinski definition) is 2. The molecule has 1 fully saturated rings. The molecule has 2 aromatic rings. The van der Waals surface area contributed by atoms with Crippen molar-refractivity contribution in [1.82, 2.24) is 10.2 Å². The van der Waals surface area contributed by atoms with Gasteiger partial charge in [0, 0.05) is 41.8 Å². The molecule has 0 spiro atoms. The average molecular weight is 456 g/mol. The van der Waals surface area contributed by atoms with Crippen LogP contribution in [0.1, 0.15) is 23.2 Å². The molecule has 0 saturated carbocycles. The Balaban J connectivity index is 2.05. The molecule has 0 aliphatic carbocycles. The third-order valence-electron chi connectivity index (χ3n) is 4.63. The van der Waals surface area contributed by atoms with Gasteiger partial charge in [-0.3, -0.25) is 4.90 Å². The van der Waals surface area contributed by atoms with E-state index in [0.29, 0.717) is 34.3 Å². The van der Waals surface area contributed by atoms with E-state index < -0.39 is 11.6 Å². The molecular formula is C18H16Cl4F2N2O. The van der Waals surface area contributed by atoms with Crippen molar-refractivity contribution in [2.45, 2.75) is 12.1 Å². The van der Waals surface area contributed by atoms with E-state index in [4.69, 9.17) is 46.4 Å². The molecule has 2 atom stereocenters. The minimum absolute atomic E-state index is 0.0689. The van der Waals surface area contributed by atoms with Gasteiger partial charge in [-0.2, -0.15) is 0 Å². The Morgan fingerprint density at radius 3 is 1.70 bits per heavy atom. The lowest BCUT2D eigenvalue weighted by Gasteiger charge is -2.43. The number of hydrogen-bond acceptors (Lipinski definition) is 3. The SMILES string of the molecule is OCCN1C(c2cc(F)c(Cl)cc2Cl)CNCC1c1cc(F)c(Cl)cc1Cl. The van der Waals surface area contributed by atoms with Crippen molar-refractivity contribution >= 4 is 46.4 Å². The maximum atomic E-state index is 14.0. The number of nitrogens with one attached hydrogen (secondary N) is 1. The predicted octanol–water partition coefficient (Wildman–Crippen LogP) is 5.26. The van der Waals surface area contributed by atoms with Crippen molar-refractivity contribution in [2.75, 3.05) is 26.2 Å². The Morgan fingerprint density at radius 1 is 0.852 bits per heavy atom. The van der Waals surface area contributed by atoms with Crippen LogP contribution in [0.3, 0.4) is 0 Å². The maximum absolute atomic E-state index is 14.0. The largest absolute Gasteiger partial charge is 0.395 e. The maximum Gasteiger partial charge on any atom is 0.142 e. The van der Waals surface area contributed by atoms with Gasteiger partial charge in [0.15, 0.2) is 0 Å². The smallest absolute Gasteiger partial charge is 0.142 e. The van der Waals surface area contributed by atoms with Crippen LogP contribution < -0.4 is 5.32 Å². The minimum atomic E-state index is -0.585. The molecule has 1 saturated heterocycles. The van der Waals surface area contributed by atoms with Gasteiger partial charge in [-0.1, -0.05) is 46.4 Å². The Kier molecular flexibility index (Phi) is 6.85. The fourth-order valence-electron chi connectivity index (χ4n) is 3.40. The lowest BCUT2D eigenvalue weighted by atomic mass is 9.95. The van der Waals surface area contributed by atoms with Gasteiger partial charge >= 0.3 is 0 Å². The second-order valence-corrected chi connectivity index (χ2v) is 7.86. The van der Waals surface area contributed by atoms with Crippen molar-refractivity contribution in [3.05, 3.63) is 67.1 Å². The zero-order valence-electron chi connectivity index (χ0n) is 14.0. The zero-order chi connectivity index (χ0) is 19.7. The number of β-amino-alcohol motifs (C(OH)–C–C–N with tert-alkyl or cyclic N) is 1. The third kappa shape index (κ3) is 4.35. The molecular weight excluding hydrogens is 440 g/mol. The van der Waals surface area contributed by atoms with E-state index in [2.05, 4.69) is 5.32 Å². The molecule has 1 heterocycles. The highest BCUT2D eigenvalue weighted by Gasteiger charge is 2.35. The first-order valence-electron chi connectivity index (χ1n) is 8.19. The molecule has 2 unspecified atom stereocenters. The number of piperazine rings is 1. The Bertz CT molecular complexity index is 787. The topological polar surface area (TPSA) is 35.5 Å².